The molecule has 1 atom stereocenters. The maximum atomic E-state index is 11.9. The molecule has 138 valence electrons. The van der Waals surface area contributed by atoms with Crippen molar-refractivity contribution < 1.29 is 4.79 Å². The van der Waals surface area contributed by atoms with Crippen molar-refractivity contribution in [2.75, 3.05) is 0 Å². The van der Waals surface area contributed by atoms with Gasteiger partial charge >= 0.3 is 0 Å². The monoisotopic (exact) mass is 324 g/mol. The largest absolute Gasteiger partial charge is 0.300 e. The van der Waals surface area contributed by atoms with E-state index in [4.69, 9.17) is 0 Å². The van der Waals surface area contributed by atoms with Gasteiger partial charge in [0.2, 0.25) is 0 Å². The Balaban J connectivity index is 3.25. The van der Waals surface area contributed by atoms with E-state index in [9.17, 15) is 4.79 Å². The smallest absolute Gasteiger partial charge is 0.132 e. The summed E-state index contributed by atoms with van der Waals surface area (Å²) in [6.07, 6.45) is 21.3. The van der Waals surface area contributed by atoms with Gasteiger partial charge in [0.1, 0.15) is 5.78 Å². The molecule has 0 saturated carbocycles. The minimum atomic E-state index is 0.509. The number of carbonyl (C=O) groups is 1. The zero-order valence-corrected chi connectivity index (χ0v) is 16.5. The number of unbranched alkanes of at least 4 members (excludes halogenated alkanes) is 10. The van der Waals surface area contributed by atoms with Crippen LogP contribution in [0.5, 0.6) is 0 Å². The fourth-order valence-electron chi connectivity index (χ4n) is 3.27. The molecule has 1 unspecified atom stereocenters. The molecule has 0 bridgehead atoms. The molecule has 0 radical (unpaired) electrons. The molecule has 0 saturated heterocycles. The fourth-order valence-corrected chi connectivity index (χ4v) is 3.27. The molecule has 0 spiro atoms. The Hall–Kier alpha value is -0.330. The molecule has 0 amide bonds. The topological polar surface area (TPSA) is 17.1 Å². The first-order valence-corrected chi connectivity index (χ1v) is 10.7. The van der Waals surface area contributed by atoms with E-state index in [1.54, 1.807) is 0 Å². The Morgan fingerprint density at radius 2 is 1.04 bits per heavy atom. The van der Waals surface area contributed by atoms with Gasteiger partial charge in [-0.15, -0.1) is 0 Å². The predicted octanol–water partition coefficient (Wildman–Crippen LogP) is 7.86. The zero-order chi connectivity index (χ0) is 17.2. The van der Waals surface area contributed by atoms with Crippen LogP contribution in [-0.2, 0) is 4.79 Å². The molecule has 1 nitrogen and oxygen atoms in total. The maximum absolute atomic E-state index is 11.9. The van der Waals surface area contributed by atoms with Gasteiger partial charge in [-0.2, -0.15) is 0 Å². The summed E-state index contributed by atoms with van der Waals surface area (Å²) in [7, 11) is 0. The van der Waals surface area contributed by atoms with Gasteiger partial charge in [-0.05, 0) is 18.8 Å². The van der Waals surface area contributed by atoms with E-state index in [1.807, 2.05) is 0 Å². The first kappa shape index (κ1) is 22.7. The van der Waals surface area contributed by atoms with E-state index in [2.05, 4.69) is 20.8 Å². The van der Waals surface area contributed by atoms with E-state index in [-0.39, 0.29) is 0 Å². The molecule has 0 aromatic rings. The summed E-state index contributed by atoms with van der Waals surface area (Å²) in [6, 6.07) is 0. The normalized spacial score (nSPS) is 12.5. The van der Waals surface area contributed by atoms with Gasteiger partial charge in [0.25, 0.3) is 0 Å². The van der Waals surface area contributed by atoms with Crippen LogP contribution >= 0.6 is 0 Å². The lowest BCUT2D eigenvalue weighted by Gasteiger charge is -2.09. The van der Waals surface area contributed by atoms with Crippen molar-refractivity contribution in [3.05, 3.63) is 0 Å². The molecule has 0 N–H and O–H groups in total. The van der Waals surface area contributed by atoms with Crippen LogP contribution < -0.4 is 0 Å². The Kier molecular flexibility index (Phi) is 17.8. The third kappa shape index (κ3) is 17.9. The summed E-state index contributed by atoms with van der Waals surface area (Å²) in [4.78, 5) is 11.9. The van der Waals surface area contributed by atoms with E-state index in [1.165, 1.54) is 83.5 Å². The van der Waals surface area contributed by atoms with Gasteiger partial charge < -0.3 is 0 Å². The molecule has 0 aliphatic carbocycles. The highest BCUT2D eigenvalue weighted by Crippen LogP contribution is 2.17. The van der Waals surface area contributed by atoms with Crippen LogP contribution in [0.1, 0.15) is 130 Å². The Labute approximate surface area is 147 Å². The average Bonchev–Trinajstić information content (AvgIpc) is 2.55. The highest BCUT2D eigenvalue weighted by Gasteiger charge is 2.04. The number of Topliss-reactive ketones (excluding diaryl/α,β-unsaturated/α-hetero) is 1. The highest BCUT2D eigenvalue weighted by molar-refractivity contribution is 5.78. The number of carbonyl (C=O) groups excluding carboxylic acids is 1. The third-order valence-electron chi connectivity index (χ3n) is 5.01. The number of rotatable bonds is 18. The van der Waals surface area contributed by atoms with Gasteiger partial charge in [0.05, 0.1) is 0 Å². The lowest BCUT2D eigenvalue weighted by Crippen LogP contribution is -1.99. The first-order valence-electron chi connectivity index (χ1n) is 10.7. The van der Waals surface area contributed by atoms with E-state index < -0.39 is 0 Å². The van der Waals surface area contributed by atoms with Crippen molar-refractivity contribution in [2.24, 2.45) is 5.92 Å². The Morgan fingerprint density at radius 3 is 1.61 bits per heavy atom. The summed E-state index contributed by atoms with van der Waals surface area (Å²) in [5, 5.41) is 0. The van der Waals surface area contributed by atoms with Crippen LogP contribution in [0.25, 0.3) is 0 Å². The van der Waals surface area contributed by atoms with Gasteiger partial charge in [-0.3, -0.25) is 4.79 Å². The lowest BCUT2D eigenvalue weighted by atomic mass is 9.96. The van der Waals surface area contributed by atoms with Crippen LogP contribution in [0.2, 0.25) is 0 Å². The summed E-state index contributed by atoms with van der Waals surface area (Å²) >= 11 is 0. The molecule has 0 fully saturated rings. The Morgan fingerprint density at radius 1 is 0.609 bits per heavy atom. The number of hydrogen-bond acceptors (Lipinski definition) is 1. The second-order valence-corrected chi connectivity index (χ2v) is 7.61. The van der Waals surface area contributed by atoms with Crippen molar-refractivity contribution in [2.45, 2.75) is 130 Å². The van der Waals surface area contributed by atoms with Crippen molar-refractivity contribution in [3.63, 3.8) is 0 Å². The molecule has 0 heterocycles. The third-order valence-corrected chi connectivity index (χ3v) is 5.01. The minimum Gasteiger partial charge on any atom is -0.300 e. The van der Waals surface area contributed by atoms with Crippen molar-refractivity contribution in [3.8, 4) is 0 Å². The molecule has 0 aliphatic rings. The highest BCUT2D eigenvalue weighted by atomic mass is 16.1. The van der Waals surface area contributed by atoms with Crippen LogP contribution in [-0.4, -0.2) is 5.78 Å². The van der Waals surface area contributed by atoms with E-state index >= 15 is 0 Å². The Bertz CT molecular complexity index is 246. The van der Waals surface area contributed by atoms with Gasteiger partial charge in [-0.25, -0.2) is 0 Å². The summed E-state index contributed by atoms with van der Waals surface area (Å²) in [5.41, 5.74) is 0. The molecule has 0 aromatic carbocycles. The van der Waals surface area contributed by atoms with Crippen molar-refractivity contribution in [1.29, 1.82) is 0 Å². The molecule has 1 heteroatoms. The fraction of sp³-hybridized carbons (Fsp3) is 0.955. The lowest BCUT2D eigenvalue weighted by molar-refractivity contribution is -0.119. The molecular formula is C22H44O. The van der Waals surface area contributed by atoms with E-state index in [0.717, 1.165) is 31.6 Å². The zero-order valence-electron chi connectivity index (χ0n) is 16.5. The molecule has 0 aromatic heterocycles. The van der Waals surface area contributed by atoms with Crippen molar-refractivity contribution >= 4 is 5.78 Å². The van der Waals surface area contributed by atoms with Crippen LogP contribution in [0, 0.1) is 5.92 Å². The SMILES string of the molecule is CCCCCCCCCCC(=O)CCCCCC(C)CCCC. The molecule has 23 heavy (non-hydrogen) atoms. The van der Waals surface area contributed by atoms with Crippen LogP contribution in [0.4, 0.5) is 0 Å². The molecule has 0 aliphatic heterocycles. The second kappa shape index (κ2) is 18.0. The van der Waals surface area contributed by atoms with Gasteiger partial charge in [0, 0.05) is 12.8 Å². The minimum absolute atomic E-state index is 0.509. The van der Waals surface area contributed by atoms with Gasteiger partial charge in [-0.1, -0.05) is 104 Å². The standard InChI is InChI=1S/C22H44O/c1-4-6-8-9-10-11-12-15-19-22(23)20-16-13-14-18-21(3)17-7-5-2/h21H,4-20H2,1-3H3. The molecular weight excluding hydrogens is 280 g/mol. The predicted molar refractivity (Wildman–Crippen MR) is 104 cm³/mol. The van der Waals surface area contributed by atoms with E-state index in [0.29, 0.717) is 5.78 Å². The summed E-state index contributed by atoms with van der Waals surface area (Å²) in [6.45, 7) is 6.91. The number of hydrogen-bond donors (Lipinski definition) is 0. The molecule has 0 rings (SSSR count). The average molecular weight is 325 g/mol. The second-order valence-electron chi connectivity index (χ2n) is 7.61. The summed E-state index contributed by atoms with van der Waals surface area (Å²) < 4.78 is 0. The van der Waals surface area contributed by atoms with Gasteiger partial charge in [0.15, 0.2) is 0 Å². The maximum Gasteiger partial charge on any atom is 0.132 e. The van der Waals surface area contributed by atoms with Crippen LogP contribution in [0.15, 0.2) is 0 Å². The summed E-state index contributed by atoms with van der Waals surface area (Å²) in [5.74, 6) is 1.39. The van der Waals surface area contributed by atoms with Crippen LogP contribution in [0.3, 0.4) is 0 Å². The first-order chi connectivity index (χ1) is 11.2. The van der Waals surface area contributed by atoms with Crippen molar-refractivity contribution in [1.82, 2.24) is 0 Å². The number of ketones is 1. The quantitative estimate of drug-likeness (QED) is 0.234.